The van der Waals surface area contributed by atoms with Gasteiger partial charge in [-0.2, -0.15) is 0 Å². The van der Waals surface area contributed by atoms with E-state index in [2.05, 4.69) is 0 Å². The van der Waals surface area contributed by atoms with E-state index >= 15 is 0 Å². The van der Waals surface area contributed by atoms with Crippen LogP contribution in [-0.2, 0) is 16.0 Å². The van der Waals surface area contributed by atoms with Gasteiger partial charge in [0, 0.05) is 30.7 Å². The molecule has 0 bridgehead atoms. The summed E-state index contributed by atoms with van der Waals surface area (Å²) in [4.78, 5) is 27.6. The summed E-state index contributed by atoms with van der Waals surface area (Å²) in [5, 5.41) is 9.90. The summed E-state index contributed by atoms with van der Waals surface area (Å²) >= 11 is 5.96. The summed E-state index contributed by atoms with van der Waals surface area (Å²) in [5.74, 6) is -0.735. The van der Waals surface area contributed by atoms with Crippen molar-refractivity contribution < 1.29 is 14.7 Å². The molecular weight excluding hydrogens is 316 g/mol. The number of aliphatic carboxylic acids is 1. The number of carboxylic acid groups (broad SMARTS) is 1. The second kappa shape index (κ2) is 7.79. The summed E-state index contributed by atoms with van der Waals surface area (Å²) in [6.07, 6.45) is 0.888. The van der Waals surface area contributed by atoms with E-state index in [1.807, 2.05) is 35.8 Å². The third-order valence-corrected chi connectivity index (χ3v) is 4.57. The normalized spacial score (nSPS) is 20.3. The number of carbonyl (C=O) groups is 2. The summed E-state index contributed by atoms with van der Waals surface area (Å²) in [6, 6.07) is 6.85. The Labute approximate surface area is 141 Å². The Balaban J connectivity index is 1.97. The first-order valence-corrected chi connectivity index (χ1v) is 8.31. The van der Waals surface area contributed by atoms with Crippen LogP contribution in [0.15, 0.2) is 24.3 Å². The fourth-order valence-corrected chi connectivity index (χ4v) is 3.36. The number of hydrogen-bond acceptors (Lipinski definition) is 3. The van der Waals surface area contributed by atoms with Crippen LogP contribution in [0.5, 0.6) is 0 Å². The van der Waals surface area contributed by atoms with Gasteiger partial charge in [0.25, 0.3) is 0 Å². The minimum absolute atomic E-state index is 0.00355. The number of piperazine rings is 1. The number of nitrogens with zero attached hydrogens (tertiary/aromatic N) is 2. The monoisotopic (exact) mass is 338 g/mol. The van der Waals surface area contributed by atoms with Gasteiger partial charge in [-0.05, 0) is 31.0 Å². The lowest BCUT2D eigenvalue weighted by Crippen LogP contribution is -2.58. The summed E-state index contributed by atoms with van der Waals surface area (Å²) in [7, 11) is 0. The Kier molecular flexibility index (Phi) is 6.02. The Hall–Kier alpha value is -1.59. The van der Waals surface area contributed by atoms with E-state index in [9.17, 15) is 14.7 Å². The van der Waals surface area contributed by atoms with Gasteiger partial charge in [-0.25, -0.2) is 0 Å². The Morgan fingerprint density at radius 3 is 2.70 bits per heavy atom. The molecule has 0 radical (unpaired) electrons. The highest BCUT2D eigenvalue weighted by Crippen LogP contribution is 2.17. The van der Waals surface area contributed by atoms with Gasteiger partial charge in [0.1, 0.15) is 6.04 Å². The lowest BCUT2D eigenvalue weighted by Gasteiger charge is -2.42. The highest BCUT2D eigenvalue weighted by atomic mass is 35.5. The Bertz CT molecular complexity index is 579. The first-order valence-electron chi connectivity index (χ1n) is 7.93. The number of hydrogen-bond donors (Lipinski definition) is 1. The maximum Gasteiger partial charge on any atom is 0.320 e. The Morgan fingerprint density at radius 1 is 1.39 bits per heavy atom. The number of carboxylic acids is 1. The molecule has 1 aromatic rings. The van der Waals surface area contributed by atoms with Gasteiger partial charge in [0.2, 0.25) is 5.91 Å². The molecule has 1 saturated heterocycles. The van der Waals surface area contributed by atoms with Crippen molar-refractivity contribution in [3.8, 4) is 0 Å². The van der Waals surface area contributed by atoms with Crippen LogP contribution in [0.2, 0.25) is 5.02 Å². The van der Waals surface area contributed by atoms with E-state index in [0.717, 1.165) is 5.56 Å². The number of carbonyl (C=O) groups excluding carboxylic acids is 1. The molecule has 0 aliphatic carbocycles. The lowest BCUT2D eigenvalue weighted by molar-refractivity contribution is -0.146. The van der Waals surface area contributed by atoms with E-state index < -0.39 is 12.0 Å². The minimum atomic E-state index is -0.793. The minimum Gasteiger partial charge on any atom is -0.480 e. The number of halogens is 1. The summed E-state index contributed by atoms with van der Waals surface area (Å²) < 4.78 is 0. The van der Waals surface area contributed by atoms with Crippen LogP contribution in [-0.4, -0.2) is 58.5 Å². The van der Waals surface area contributed by atoms with Crippen molar-refractivity contribution >= 4 is 23.5 Å². The zero-order valence-electron chi connectivity index (χ0n) is 13.5. The standard InChI is InChI=1S/C17H23ClN2O3/c1-3-15(17(22)23)19-7-8-20(12(2)11-19)16(21)10-13-5-4-6-14(18)9-13/h4-6,9,12,15H,3,7-8,10-11H2,1-2H3,(H,22,23). The number of amides is 1. The van der Waals surface area contributed by atoms with Crippen LogP contribution in [0.3, 0.4) is 0 Å². The average molecular weight is 339 g/mol. The predicted octanol–water partition coefficient (Wildman–Crippen LogP) is 2.28. The Morgan fingerprint density at radius 2 is 2.13 bits per heavy atom. The van der Waals surface area contributed by atoms with Crippen molar-refractivity contribution in [3.63, 3.8) is 0 Å². The van der Waals surface area contributed by atoms with Crippen LogP contribution in [0.4, 0.5) is 0 Å². The molecule has 1 N–H and O–H groups in total. The first kappa shape index (κ1) is 17.8. The maximum absolute atomic E-state index is 12.5. The molecular formula is C17H23ClN2O3. The molecule has 2 rings (SSSR count). The van der Waals surface area contributed by atoms with Crippen LogP contribution >= 0.6 is 11.6 Å². The molecule has 1 heterocycles. The number of rotatable bonds is 5. The van der Waals surface area contributed by atoms with Crippen molar-refractivity contribution in [2.75, 3.05) is 19.6 Å². The molecule has 0 aromatic heterocycles. The fourth-order valence-electron chi connectivity index (χ4n) is 3.15. The van der Waals surface area contributed by atoms with Gasteiger partial charge in [-0.1, -0.05) is 30.7 Å². The first-order chi connectivity index (χ1) is 10.9. The van der Waals surface area contributed by atoms with Crippen LogP contribution < -0.4 is 0 Å². The van der Waals surface area contributed by atoms with Crippen molar-refractivity contribution in [2.45, 2.75) is 38.8 Å². The quantitative estimate of drug-likeness (QED) is 0.894. The molecule has 1 amide bonds. The van der Waals surface area contributed by atoms with Gasteiger partial charge >= 0.3 is 5.97 Å². The highest BCUT2D eigenvalue weighted by Gasteiger charge is 2.32. The van der Waals surface area contributed by atoms with Gasteiger partial charge in [-0.15, -0.1) is 0 Å². The van der Waals surface area contributed by atoms with Gasteiger partial charge in [0.15, 0.2) is 0 Å². The third kappa shape index (κ3) is 4.45. The third-order valence-electron chi connectivity index (χ3n) is 4.34. The highest BCUT2D eigenvalue weighted by molar-refractivity contribution is 6.30. The summed E-state index contributed by atoms with van der Waals surface area (Å²) in [5.41, 5.74) is 0.897. The lowest BCUT2D eigenvalue weighted by atomic mass is 10.1. The van der Waals surface area contributed by atoms with Crippen molar-refractivity contribution in [2.24, 2.45) is 0 Å². The molecule has 1 aromatic carbocycles. The molecule has 1 aliphatic heterocycles. The second-order valence-electron chi connectivity index (χ2n) is 6.00. The van der Waals surface area contributed by atoms with Gasteiger partial charge in [-0.3, -0.25) is 14.5 Å². The molecule has 23 heavy (non-hydrogen) atoms. The molecule has 0 spiro atoms. The van der Waals surface area contributed by atoms with Gasteiger partial charge < -0.3 is 10.0 Å². The zero-order chi connectivity index (χ0) is 17.0. The van der Waals surface area contributed by atoms with Crippen molar-refractivity contribution in [3.05, 3.63) is 34.9 Å². The van der Waals surface area contributed by atoms with Crippen molar-refractivity contribution in [1.29, 1.82) is 0 Å². The maximum atomic E-state index is 12.5. The van der Waals surface area contributed by atoms with E-state index in [0.29, 0.717) is 37.5 Å². The second-order valence-corrected chi connectivity index (χ2v) is 6.44. The molecule has 2 atom stereocenters. The molecule has 2 unspecified atom stereocenters. The van der Waals surface area contributed by atoms with Crippen LogP contribution in [0.25, 0.3) is 0 Å². The van der Waals surface area contributed by atoms with Crippen molar-refractivity contribution in [1.82, 2.24) is 9.80 Å². The van der Waals surface area contributed by atoms with E-state index in [1.54, 1.807) is 12.1 Å². The molecule has 1 fully saturated rings. The molecule has 126 valence electrons. The smallest absolute Gasteiger partial charge is 0.320 e. The van der Waals surface area contributed by atoms with E-state index in [1.165, 1.54) is 0 Å². The molecule has 6 heteroatoms. The zero-order valence-corrected chi connectivity index (χ0v) is 14.3. The number of benzene rings is 1. The summed E-state index contributed by atoms with van der Waals surface area (Å²) in [6.45, 7) is 5.59. The SMILES string of the molecule is CCC(C(=O)O)N1CCN(C(=O)Cc2cccc(Cl)c2)C(C)C1. The largest absolute Gasteiger partial charge is 0.480 e. The van der Waals surface area contributed by atoms with Crippen LogP contribution in [0, 0.1) is 0 Å². The molecule has 0 saturated carbocycles. The topological polar surface area (TPSA) is 60.9 Å². The van der Waals surface area contributed by atoms with Gasteiger partial charge in [0.05, 0.1) is 6.42 Å². The van der Waals surface area contributed by atoms with E-state index in [-0.39, 0.29) is 11.9 Å². The van der Waals surface area contributed by atoms with E-state index in [4.69, 9.17) is 11.6 Å². The molecule has 5 nitrogen and oxygen atoms in total. The average Bonchev–Trinajstić information content (AvgIpc) is 2.47. The molecule has 1 aliphatic rings. The van der Waals surface area contributed by atoms with Crippen LogP contribution in [0.1, 0.15) is 25.8 Å². The predicted molar refractivity (Wildman–Crippen MR) is 89.6 cm³/mol. The fraction of sp³-hybridized carbons (Fsp3) is 0.529.